The van der Waals surface area contributed by atoms with Crippen molar-refractivity contribution in [1.29, 1.82) is 0 Å². The molecule has 154 valence electrons. The van der Waals surface area contributed by atoms with E-state index in [2.05, 4.69) is 105 Å². The molecule has 0 atom stereocenters. The molecule has 1 aromatic heterocycles. The smallest absolute Gasteiger partial charge is 0.144 e. The zero-order valence-electron chi connectivity index (χ0n) is 17.5. The molecule has 4 heteroatoms. The van der Waals surface area contributed by atoms with Crippen LogP contribution in [0.1, 0.15) is 0 Å². The van der Waals surface area contributed by atoms with Crippen LogP contribution >= 0.6 is 0 Å². The summed E-state index contributed by atoms with van der Waals surface area (Å²) in [5.74, 6) is 0.939. The van der Waals surface area contributed by atoms with Gasteiger partial charge in [0.1, 0.15) is 5.82 Å². The zero-order valence-corrected chi connectivity index (χ0v) is 17.5. The first-order chi connectivity index (χ1) is 15.9. The average molecular weight is 415 g/mol. The Morgan fingerprint density at radius 2 is 1.53 bits per heavy atom. The topological polar surface area (TPSA) is 33.1 Å². The SMILES string of the molecule is C1=CN(c2ccc(-n3ccnc3-c3ccccc3)cc2)c2ccc3ccccc3c2NC1. The molecule has 4 aromatic carbocycles. The van der Waals surface area contributed by atoms with Crippen molar-refractivity contribution in [3.05, 3.63) is 116 Å². The Balaban J connectivity index is 1.39. The molecule has 5 aromatic rings. The quantitative estimate of drug-likeness (QED) is 0.354. The van der Waals surface area contributed by atoms with E-state index in [4.69, 9.17) is 0 Å². The molecule has 0 bridgehead atoms. The van der Waals surface area contributed by atoms with E-state index >= 15 is 0 Å². The number of hydrogen-bond acceptors (Lipinski definition) is 3. The Bertz CT molecular complexity index is 1420. The standard InChI is InChI=1S/C28H22N4/c1-2-8-22(9-3-1)28-30-18-20-32(28)24-14-12-23(13-15-24)31-19-6-17-29-27-25-10-5-4-7-21(25)11-16-26(27)31/h1-16,18-20,29H,17H2. The van der Waals surface area contributed by atoms with Crippen LogP contribution in [0.3, 0.4) is 0 Å². The van der Waals surface area contributed by atoms with Crippen molar-refractivity contribution in [3.8, 4) is 17.1 Å². The van der Waals surface area contributed by atoms with Crippen LogP contribution in [0.5, 0.6) is 0 Å². The third kappa shape index (κ3) is 3.13. The van der Waals surface area contributed by atoms with Crippen molar-refractivity contribution in [1.82, 2.24) is 9.55 Å². The number of nitrogens with one attached hydrogen (secondary N) is 1. The van der Waals surface area contributed by atoms with Crippen LogP contribution in [0.25, 0.3) is 27.8 Å². The second kappa shape index (κ2) is 7.75. The van der Waals surface area contributed by atoms with E-state index < -0.39 is 0 Å². The van der Waals surface area contributed by atoms with Crippen LogP contribution in [-0.4, -0.2) is 16.1 Å². The van der Waals surface area contributed by atoms with Crippen molar-refractivity contribution in [2.24, 2.45) is 0 Å². The molecule has 0 unspecified atom stereocenters. The Hall–Kier alpha value is -4.31. The molecule has 0 fully saturated rings. The van der Waals surface area contributed by atoms with Crippen molar-refractivity contribution in [2.45, 2.75) is 0 Å². The largest absolute Gasteiger partial charge is 0.379 e. The molecule has 6 rings (SSSR count). The average Bonchev–Trinajstić information content (AvgIpc) is 3.25. The number of hydrogen-bond donors (Lipinski definition) is 1. The van der Waals surface area contributed by atoms with Gasteiger partial charge in [0.2, 0.25) is 0 Å². The first-order valence-corrected chi connectivity index (χ1v) is 10.8. The lowest BCUT2D eigenvalue weighted by atomic mass is 10.1. The molecule has 4 nitrogen and oxygen atoms in total. The van der Waals surface area contributed by atoms with Gasteiger partial charge >= 0.3 is 0 Å². The third-order valence-electron chi connectivity index (χ3n) is 5.90. The van der Waals surface area contributed by atoms with Crippen LogP contribution in [0.15, 0.2) is 116 Å². The van der Waals surface area contributed by atoms with Crippen molar-refractivity contribution in [3.63, 3.8) is 0 Å². The van der Waals surface area contributed by atoms with Gasteiger partial charge in [-0.3, -0.25) is 4.57 Å². The van der Waals surface area contributed by atoms with Crippen LogP contribution in [0.2, 0.25) is 0 Å². The lowest BCUT2D eigenvalue weighted by Crippen LogP contribution is -2.09. The van der Waals surface area contributed by atoms with Crippen molar-refractivity contribution in [2.75, 3.05) is 16.8 Å². The lowest BCUT2D eigenvalue weighted by molar-refractivity contribution is 1.07. The number of rotatable bonds is 3. The van der Waals surface area contributed by atoms with Crippen LogP contribution in [0, 0.1) is 0 Å². The fraction of sp³-hybridized carbons (Fsp3) is 0.0357. The normalized spacial score (nSPS) is 12.9. The molecule has 0 aliphatic carbocycles. The molecule has 0 amide bonds. The van der Waals surface area contributed by atoms with Gasteiger partial charge in [-0.1, -0.05) is 60.7 Å². The van der Waals surface area contributed by atoms with Gasteiger partial charge in [-0.15, -0.1) is 0 Å². The molecule has 0 saturated carbocycles. The minimum atomic E-state index is 0.797. The summed E-state index contributed by atoms with van der Waals surface area (Å²) in [6.07, 6.45) is 8.16. The van der Waals surface area contributed by atoms with E-state index in [9.17, 15) is 0 Å². The van der Waals surface area contributed by atoms with Crippen LogP contribution < -0.4 is 10.2 Å². The fourth-order valence-electron chi connectivity index (χ4n) is 4.36. The summed E-state index contributed by atoms with van der Waals surface area (Å²) in [5, 5.41) is 6.06. The third-order valence-corrected chi connectivity index (χ3v) is 5.90. The number of imidazole rings is 1. The molecule has 0 radical (unpaired) electrons. The van der Waals surface area contributed by atoms with Gasteiger partial charge in [0.15, 0.2) is 0 Å². The number of anilines is 3. The van der Waals surface area contributed by atoms with E-state index in [1.807, 2.05) is 30.6 Å². The summed E-state index contributed by atoms with van der Waals surface area (Å²) in [5.41, 5.74) is 5.62. The molecule has 0 spiro atoms. The maximum absolute atomic E-state index is 4.58. The molecule has 32 heavy (non-hydrogen) atoms. The Morgan fingerprint density at radius 3 is 2.41 bits per heavy atom. The summed E-state index contributed by atoms with van der Waals surface area (Å²) >= 11 is 0. The zero-order chi connectivity index (χ0) is 21.3. The summed E-state index contributed by atoms with van der Waals surface area (Å²) in [6.45, 7) is 0.797. The second-order valence-corrected chi connectivity index (χ2v) is 7.82. The first-order valence-electron chi connectivity index (χ1n) is 10.8. The number of aromatic nitrogens is 2. The Kier molecular flexibility index (Phi) is 4.47. The summed E-state index contributed by atoms with van der Waals surface area (Å²) in [6, 6.07) is 31.8. The highest BCUT2D eigenvalue weighted by atomic mass is 15.1. The number of benzene rings is 4. The van der Waals surface area contributed by atoms with Gasteiger partial charge in [-0.25, -0.2) is 4.98 Å². The molecular weight excluding hydrogens is 392 g/mol. The Morgan fingerprint density at radius 1 is 0.750 bits per heavy atom. The van der Waals surface area contributed by atoms with E-state index in [1.54, 1.807) is 0 Å². The summed E-state index contributed by atoms with van der Waals surface area (Å²) in [7, 11) is 0. The highest BCUT2D eigenvalue weighted by molar-refractivity contribution is 6.02. The summed E-state index contributed by atoms with van der Waals surface area (Å²) in [4.78, 5) is 6.83. The van der Waals surface area contributed by atoms with E-state index in [0.29, 0.717) is 0 Å². The van der Waals surface area contributed by atoms with Crippen molar-refractivity contribution >= 4 is 27.8 Å². The van der Waals surface area contributed by atoms with Crippen molar-refractivity contribution < 1.29 is 0 Å². The number of fused-ring (bicyclic) bond motifs is 3. The highest BCUT2D eigenvalue weighted by Gasteiger charge is 2.16. The van der Waals surface area contributed by atoms with E-state index in [-0.39, 0.29) is 0 Å². The highest BCUT2D eigenvalue weighted by Crippen LogP contribution is 2.39. The predicted molar refractivity (Wildman–Crippen MR) is 133 cm³/mol. The van der Waals surface area contributed by atoms with Gasteiger partial charge in [-0.2, -0.15) is 0 Å². The molecular formula is C28H22N4. The molecule has 1 N–H and O–H groups in total. The fourth-order valence-corrected chi connectivity index (χ4v) is 4.36. The van der Waals surface area contributed by atoms with Gasteiger partial charge < -0.3 is 10.2 Å². The van der Waals surface area contributed by atoms with Gasteiger partial charge in [-0.05, 0) is 41.8 Å². The summed E-state index contributed by atoms with van der Waals surface area (Å²) < 4.78 is 2.13. The first kappa shape index (κ1) is 18.5. The van der Waals surface area contributed by atoms with Gasteiger partial charge in [0.25, 0.3) is 0 Å². The monoisotopic (exact) mass is 414 g/mol. The predicted octanol–water partition coefficient (Wildman–Crippen LogP) is 6.77. The van der Waals surface area contributed by atoms with Gasteiger partial charge in [0.05, 0.1) is 11.4 Å². The minimum Gasteiger partial charge on any atom is -0.379 e. The second-order valence-electron chi connectivity index (χ2n) is 7.82. The van der Waals surface area contributed by atoms with Crippen LogP contribution in [0.4, 0.5) is 17.1 Å². The number of nitrogens with zero attached hydrogens (tertiary/aromatic N) is 3. The molecule has 1 aliphatic rings. The lowest BCUT2D eigenvalue weighted by Gasteiger charge is -2.23. The minimum absolute atomic E-state index is 0.797. The van der Waals surface area contributed by atoms with E-state index in [0.717, 1.165) is 40.7 Å². The molecule has 2 heterocycles. The van der Waals surface area contributed by atoms with Crippen LogP contribution in [-0.2, 0) is 0 Å². The Labute approximate surface area is 187 Å². The molecule has 1 aliphatic heterocycles. The van der Waals surface area contributed by atoms with E-state index in [1.165, 1.54) is 10.8 Å². The molecule has 0 saturated heterocycles. The maximum Gasteiger partial charge on any atom is 0.144 e. The maximum atomic E-state index is 4.58. The van der Waals surface area contributed by atoms with Gasteiger partial charge in [0, 0.05) is 47.5 Å².